The summed E-state index contributed by atoms with van der Waals surface area (Å²) < 4.78 is 17.7. The monoisotopic (exact) mass is 954 g/mol. The van der Waals surface area contributed by atoms with Gasteiger partial charge in [-0.1, -0.05) is 181 Å². The number of amides is 1. The van der Waals surface area contributed by atoms with Crippen molar-refractivity contribution in [3.63, 3.8) is 0 Å². The van der Waals surface area contributed by atoms with Gasteiger partial charge in [0.15, 0.2) is 11.7 Å². The summed E-state index contributed by atoms with van der Waals surface area (Å²) in [5.74, 6) is -5.43. The number of ether oxygens (including phenoxy) is 3. The molecule has 0 aromatic heterocycles. The van der Waals surface area contributed by atoms with E-state index in [4.69, 9.17) is 31.4 Å². The first-order valence-corrected chi connectivity index (χ1v) is 26.8. The highest BCUT2D eigenvalue weighted by molar-refractivity contribution is 5.95. The third-order valence-electron chi connectivity index (χ3n) is 12.3. The summed E-state index contributed by atoms with van der Waals surface area (Å²) in [6.45, 7) is 5.22. The van der Waals surface area contributed by atoms with Gasteiger partial charge in [-0.3, -0.25) is 29.0 Å². The van der Waals surface area contributed by atoms with Crippen LogP contribution in [0, 0.1) is 5.92 Å². The summed E-state index contributed by atoms with van der Waals surface area (Å²) in [6.07, 6.45) is 33.7. The zero-order chi connectivity index (χ0) is 49.6. The predicted octanol–water partition coefficient (Wildman–Crippen LogP) is 9.15. The molecular weight excluding hydrogens is 855 g/mol. The number of carboxylic acids is 1. The van der Waals surface area contributed by atoms with E-state index in [1.807, 2.05) is 0 Å². The highest BCUT2D eigenvalue weighted by Crippen LogP contribution is 2.16. The van der Waals surface area contributed by atoms with Crippen molar-refractivity contribution >= 4 is 35.4 Å². The quantitative estimate of drug-likeness (QED) is 0.0144. The Bertz CT molecular complexity index is 1270. The van der Waals surface area contributed by atoms with Gasteiger partial charge in [-0.25, -0.2) is 0 Å². The summed E-state index contributed by atoms with van der Waals surface area (Å²) in [5, 5.41) is 21.9. The summed E-state index contributed by atoms with van der Waals surface area (Å²) >= 11 is 0. The molecular formula is C52H99N5O10. The Morgan fingerprint density at radius 1 is 0.582 bits per heavy atom. The Hall–Kier alpha value is -3.14. The number of aliphatic hydroxyl groups excluding tert-OH is 1. The van der Waals surface area contributed by atoms with Crippen LogP contribution in [0.2, 0.25) is 0 Å². The molecule has 15 nitrogen and oxygen atoms in total. The van der Waals surface area contributed by atoms with E-state index < -0.39 is 67.2 Å². The number of hydrogen-bond acceptors (Lipinski definition) is 11. The van der Waals surface area contributed by atoms with E-state index in [1.54, 1.807) is 0 Å². The first-order chi connectivity index (χ1) is 32.4. The minimum atomic E-state index is -1.49. The minimum Gasteiger partial charge on any atom is -0.481 e. The van der Waals surface area contributed by atoms with E-state index in [9.17, 15) is 34.2 Å². The molecule has 4 atom stereocenters. The van der Waals surface area contributed by atoms with Gasteiger partial charge in [-0.2, -0.15) is 0 Å². The van der Waals surface area contributed by atoms with Crippen LogP contribution in [0.4, 0.5) is 0 Å². The molecule has 67 heavy (non-hydrogen) atoms. The van der Waals surface area contributed by atoms with Crippen LogP contribution in [0.5, 0.6) is 0 Å². The number of aliphatic imine (C=N–C) groups is 1. The van der Waals surface area contributed by atoms with Gasteiger partial charge < -0.3 is 46.9 Å². The number of nitrogens with one attached hydrogen (secondary N) is 1. The molecule has 0 bridgehead atoms. The maximum Gasteiger partial charge on any atom is 0.311 e. The molecule has 0 aliphatic carbocycles. The zero-order valence-electron chi connectivity index (χ0n) is 42.4. The molecule has 0 fully saturated rings. The summed E-state index contributed by atoms with van der Waals surface area (Å²) in [7, 11) is 0. The van der Waals surface area contributed by atoms with E-state index >= 15 is 0 Å². The van der Waals surface area contributed by atoms with Crippen molar-refractivity contribution in [1.29, 1.82) is 0 Å². The van der Waals surface area contributed by atoms with Crippen LogP contribution in [0.15, 0.2) is 4.99 Å². The lowest BCUT2D eigenvalue weighted by Gasteiger charge is -2.21. The Balaban J connectivity index is 4.95. The third-order valence-corrected chi connectivity index (χ3v) is 12.3. The van der Waals surface area contributed by atoms with Gasteiger partial charge in [-0.15, -0.1) is 0 Å². The minimum absolute atomic E-state index is 0.0702. The maximum atomic E-state index is 13.3. The Morgan fingerprint density at radius 2 is 1.04 bits per heavy atom. The Kier molecular flexibility index (Phi) is 44.4. The Morgan fingerprint density at radius 3 is 1.49 bits per heavy atom. The molecule has 0 rings (SSSR count). The molecule has 0 saturated heterocycles. The number of Topliss-reactive ketones (excluding diaryl/α,β-unsaturated/α-hetero) is 2. The molecule has 0 aromatic rings. The molecule has 0 aliphatic rings. The maximum absolute atomic E-state index is 13.3. The van der Waals surface area contributed by atoms with Gasteiger partial charge in [-0.05, 0) is 25.7 Å². The van der Waals surface area contributed by atoms with Gasteiger partial charge in [0.25, 0.3) is 0 Å². The summed E-state index contributed by atoms with van der Waals surface area (Å²) in [4.78, 5) is 67.1. The van der Waals surface area contributed by atoms with Crippen LogP contribution in [0.25, 0.3) is 0 Å². The first-order valence-electron chi connectivity index (χ1n) is 26.8. The molecule has 0 radical (unpaired) electrons. The molecule has 4 unspecified atom stereocenters. The number of carbonyl (C=O) groups excluding carboxylic acids is 4. The van der Waals surface area contributed by atoms with Crippen LogP contribution in [0.3, 0.4) is 0 Å². The fraction of sp³-hybridized carbons (Fsp3) is 0.885. The number of aliphatic carboxylic acids is 1. The van der Waals surface area contributed by atoms with Gasteiger partial charge in [0.1, 0.15) is 18.5 Å². The van der Waals surface area contributed by atoms with E-state index in [0.717, 1.165) is 32.1 Å². The molecule has 15 heteroatoms. The number of rotatable bonds is 51. The number of carboxylic acid groups (broad SMARTS) is 1. The van der Waals surface area contributed by atoms with Crippen molar-refractivity contribution in [2.24, 2.45) is 28.1 Å². The second kappa shape index (κ2) is 46.6. The molecule has 392 valence electrons. The van der Waals surface area contributed by atoms with Gasteiger partial charge in [0.2, 0.25) is 5.91 Å². The molecule has 0 aliphatic heterocycles. The topological polar surface area (TPSA) is 256 Å². The fourth-order valence-corrected chi connectivity index (χ4v) is 7.99. The highest BCUT2D eigenvalue weighted by atomic mass is 16.6. The lowest BCUT2D eigenvalue weighted by Crippen LogP contribution is -2.44. The molecule has 0 spiro atoms. The number of nitrogens with two attached hydrogens (primary N) is 3. The molecule has 0 aromatic carbocycles. The number of esters is 1. The average molecular weight is 954 g/mol. The van der Waals surface area contributed by atoms with Crippen molar-refractivity contribution in [2.45, 2.75) is 250 Å². The number of carbonyl (C=O) groups is 5. The lowest BCUT2D eigenvalue weighted by atomic mass is 9.97. The van der Waals surface area contributed by atoms with Gasteiger partial charge in [0, 0.05) is 39.0 Å². The van der Waals surface area contributed by atoms with Crippen molar-refractivity contribution in [2.75, 3.05) is 39.6 Å². The second-order valence-corrected chi connectivity index (χ2v) is 18.7. The average Bonchev–Trinajstić information content (AvgIpc) is 3.30. The standard InChI is InChI=1S/C52H99N5O10/c1-3-5-7-9-11-13-15-17-19-21-23-25-27-29-36-65-41-44(66-37-30-28-26-24-22-20-18-16-14-12-10-8-6-4-2)42-67-51(64)43(40-58)38-48(60)46(39-50(62)63)57-49(61)34-33-47(59)45(53)32-31-35-56-52(54)55/h43-46,58H,3-42,53H2,1-2H3,(H,57,61)(H,62,63)(H4,54,55,56). The van der Waals surface area contributed by atoms with E-state index in [0.29, 0.717) is 32.6 Å². The largest absolute Gasteiger partial charge is 0.481 e. The number of ketones is 2. The molecule has 1 amide bonds. The van der Waals surface area contributed by atoms with E-state index in [2.05, 4.69) is 24.2 Å². The third kappa shape index (κ3) is 41.5. The van der Waals surface area contributed by atoms with Gasteiger partial charge in [0.05, 0.1) is 37.6 Å². The van der Waals surface area contributed by atoms with E-state index in [-0.39, 0.29) is 37.8 Å². The summed E-state index contributed by atoms with van der Waals surface area (Å²) in [6, 6.07) is -2.33. The van der Waals surface area contributed by atoms with Crippen LogP contribution < -0.4 is 22.5 Å². The van der Waals surface area contributed by atoms with Gasteiger partial charge >= 0.3 is 11.9 Å². The fourth-order valence-electron chi connectivity index (χ4n) is 7.99. The number of guanidine groups is 1. The molecule has 9 N–H and O–H groups in total. The normalized spacial score (nSPS) is 13.1. The zero-order valence-corrected chi connectivity index (χ0v) is 42.4. The molecule has 0 saturated carbocycles. The van der Waals surface area contributed by atoms with Crippen LogP contribution in [-0.2, 0) is 38.2 Å². The van der Waals surface area contributed by atoms with Crippen molar-refractivity contribution < 1.29 is 48.4 Å². The smallest absolute Gasteiger partial charge is 0.311 e. The molecule has 0 heterocycles. The van der Waals surface area contributed by atoms with Crippen molar-refractivity contribution in [1.82, 2.24) is 5.32 Å². The number of aliphatic hydroxyl groups is 1. The predicted molar refractivity (Wildman–Crippen MR) is 269 cm³/mol. The number of hydrogen-bond donors (Lipinski definition) is 6. The highest BCUT2D eigenvalue weighted by Gasteiger charge is 2.30. The number of unbranched alkanes of at least 4 members (excludes halogenated alkanes) is 26. The lowest BCUT2D eigenvalue weighted by molar-refractivity contribution is -0.157. The van der Waals surface area contributed by atoms with Crippen molar-refractivity contribution in [3.8, 4) is 0 Å². The van der Waals surface area contributed by atoms with Crippen molar-refractivity contribution in [3.05, 3.63) is 0 Å². The van der Waals surface area contributed by atoms with Crippen LogP contribution >= 0.6 is 0 Å². The second-order valence-electron chi connectivity index (χ2n) is 18.7. The van der Waals surface area contributed by atoms with Crippen LogP contribution in [0.1, 0.15) is 232 Å². The van der Waals surface area contributed by atoms with Crippen LogP contribution in [-0.4, -0.2) is 103 Å². The Labute approximate surface area is 406 Å². The van der Waals surface area contributed by atoms with E-state index in [1.165, 1.54) is 148 Å². The SMILES string of the molecule is CCCCCCCCCCCCCCCCOCC(COC(=O)C(CO)CC(=O)C(CC(=O)O)NC(=O)CCC(=O)C(N)CCCN=C(N)N)OCCCCCCCCCCCCCCCC. The number of nitrogens with zero attached hydrogens (tertiary/aromatic N) is 1. The first kappa shape index (κ1) is 63.9. The summed E-state index contributed by atoms with van der Waals surface area (Å²) in [5.41, 5.74) is 16.5.